The average Bonchev–Trinajstić information content (AvgIpc) is 1.78. The molecular formula is C4H6O5S. The zero-order valence-electron chi connectivity index (χ0n) is 4.94. The predicted octanol–water partition coefficient (Wildman–Crippen LogP) is -1.20. The smallest absolute Gasteiger partial charge is 0.384 e. The Hall–Kier alpha value is -0.610. The van der Waals surface area contributed by atoms with E-state index in [1.807, 2.05) is 0 Å². The third kappa shape index (κ3) is 7.39. The molecule has 58 valence electrons. The zero-order valence-corrected chi connectivity index (χ0v) is 5.76. The van der Waals surface area contributed by atoms with Crippen LogP contribution in [0, 0.1) is 11.8 Å². The SMILES string of the molecule is O=S(=O)(O)OCC#CCO. The van der Waals surface area contributed by atoms with E-state index in [2.05, 4.69) is 16.0 Å². The summed E-state index contributed by atoms with van der Waals surface area (Å²) >= 11 is 0. The van der Waals surface area contributed by atoms with Gasteiger partial charge in [0.2, 0.25) is 0 Å². The fourth-order valence-corrected chi connectivity index (χ4v) is 0.419. The lowest BCUT2D eigenvalue weighted by Gasteiger charge is -1.89. The van der Waals surface area contributed by atoms with Gasteiger partial charge in [-0.25, -0.2) is 4.18 Å². The Morgan fingerprint density at radius 2 is 2.00 bits per heavy atom. The molecule has 0 aliphatic heterocycles. The highest BCUT2D eigenvalue weighted by molar-refractivity contribution is 7.80. The summed E-state index contributed by atoms with van der Waals surface area (Å²) in [7, 11) is -4.39. The molecule has 0 atom stereocenters. The van der Waals surface area contributed by atoms with E-state index in [9.17, 15) is 8.42 Å². The van der Waals surface area contributed by atoms with Gasteiger partial charge in [0, 0.05) is 0 Å². The van der Waals surface area contributed by atoms with E-state index in [4.69, 9.17) is 9.66 Å². The summed E-state index contributed by atoms with van der Waals surface area (Å²) in [4.78, 5) is 0. The van der Waals surface area contributed by atoms with Gasteiger partial charge in [0.1, 0.15) is 13.2 Å². The molecule has 5 nitrogen and oxygen atoms in total. The number of hydrogen-bond acceptors (Lipinski definition) is 4. The van der Waals surface area contributed by atoms with Crippen LogP contribution in [0.5, 0.6) is 0 Å². The Bertz CT molecular complexity index is 230. The van der Waals surface area contributed by atoms with E-state index in [0.717, 1.165) is 0 Å². The molecule has 0 fully saturated rings. The van der Waals surface area contributed by atoms with Gasteiger partial charge in [-0.05, 0) is 0 Å². The number of hydrogen-bond donors (Lipinski definition) is 2. The first-order valence-electron chi connectivity index (χ1n) is 2.24. The predicted molar refractivity (Wildman–Crippen MR) is 32.4 cm³/mol. The number of aliphatic hydroxyl groups is 1. The molecule has 0 aromatic carbocycles. The molecule has 0 saturated carbocycles. The quantitative estimate of drug-likeness (QED) is 0.397. The maximum atomic E-state index is 9.80. The molecule has 2 N–H and O–H groups in total. The van der Waals surface area contributed by atoms with Crippen molar-refractivity contribution in [2.24, 2.45) is 0 Å². The molecule has 0 spiro atoms. The van der Waals surface area contributed by atoms with Crippen LogP contribution in [-0.4, -0.2) is 31.3 Å². The van der Waals surface area contributed by atoms with Crippen LogP contribution < -0.4 is 0 Å². The summed E-state index contributed by atoms with van der Waals surface area (Å²) in [6.45, 7) is -0.811. The van der Waals surface area contributed by atoms with Crippen LogP contribution in [0.1, 0.15) is 0 Å². The van der Waals surface area contributed by atoms with Gasteiger partial charge in [-0.3, -0.25) is 4.55 Å². The van der Waals surface area contributed by atoms with Crippen LogP contribution >= 0.6 is 0 Å². The second-order valence-electron chi connectivity index (χ2n) is 1.20. The van der Waals surface area contributed by atoms with E-state index in [-0.39, 0.29) is 6.61 Å². The maximum Gasteiger partial charge on any atom is 0.398 e. The van der Waals surface area contributed by atoms with Gasteiger partial charge in [-0.15, -0.1) is 0 Å². The van der Waals surface area contributed by atoms with E-state index >= 15 is 0 Å². The Balaban J connectivity index is 3.58. The molecule has 0 radical (unpaired) electrons. The fourth-order valence-electron chi connectivity index (χ4n) is 0.211. The summed E-state index contributed by atoms with van der Waals surface area (Å²) < 4.78 is 31.3. The summed E-state index contributed by atoms with van der Waals surface area (Å²) in [5.41, 5.74) is 0. The van der Waals surface area contributed by atoms with Gasteiger partial charge >= 0.3 is 10.4 Å². The summed E-state index contributed by atoms with van der Waals surface area (Å²) in [6.07, 6.45) is 0. The Kier molecular flexibility index (Phi) is 3.99. The minimum absolute atomic E-state index is 0.366. The molecule has 0 heterocycles. The van der Waals surface area contributed by atoms with E-state index in [1.54, 1.807) is 0 Å². The van der Waals surface area contributed by atoms with Gasteiger partial charge in [0.25, 0.3) is 0 Å². The van der Waals surface area contributed by atoms with E-state index < -0.39 is 17.0 Å². The lowest BCUT2D eigenvalue weighted by molar-refractivity contribution is 0.299. The lowest BCUT2D eigenvalue weighted by atomic mass is 10.6. The van der Waals surface area contributed by atoms with Crippen molar-refractivity contribution in [3.05, 3.63) is 0 Å². The number of aliphatic hydroxyl groups excluding tert-OH is 1. The van der Waals surface area contributed by atoms with E-state index in [1.165, 1.54) is 0 Å². The largest absolute Gasteiger partial charge is 0.398 e. The molecule has 0 saturated heterocycles. The monoisotopic (exact) mass is 166 g/mol. The van der Waals surface area contributed by atoms with Gasteiger partial charge in [0.05, 0.1) is 0 Å². The highest BCUT2D eigenvalue weighted by atomic mass is 32.3. The van der Waals surface area contributed by atoms with Crippen molar-refractivity contribution in [2.75, 3.05) is 13.2 Å². The van der Waals surface area contributed by atoms with Gasteiger partial charge in [-0.1, -0.05) is 11.8 Å². The minimum Gasteiger partial charge on any atom is -0.384 e. The Morgan fingerprint density at radius 3 is 2.40 bits per heavy atom. The van der Waals surface area contributed by atoms with Crippen LogP contribution in [0.25, 0.3) is 0 Å². The molecule has 0 aliphatic rings. The lowest BCUT2D eigenvalue weighted by Crippen LogP contribution is -2.03. The number of rotatable bonds is 2. The molecule has 0 aliphatic carbocycles. The van der Waals surface area contributed by atoms with Crippen molar-refractivity contribution >= 4 is 10.4 Å². The van der Waals surface area contributed by atoms with Gasteiger partial charge < -0.3 is 5.11 Å². The fraction of sp³-hybridized carbons (Fsp3) is 0.500. The second-order valence-corrected chi connectivity index (χ2v) is 2.29. The third-order valence-electron chi connectivity index (χ3n) is 0.484. The van der Waals surface area contributed by atoms with Crippen LogP contribution in [0.4, 0.5) is 0 Å². The molecule has 6 heteroatoms. The highest BCUT2D eigenvalue weighted by Gasteiger charge is 1.99. The van der Waals surface area contributed by atoms with Crippen molar-refractivity contribution in [3.63, 3.8) is 0 Å². The van der Waals surface area contributed by atoms with Gasteiger partial charge in [-0.2, -0.15) is 8.42 Å². The molecule has 0 bridgehead atoms. The first kappa shape index (κ1) is 9.39. The molecule has 0 rings (SSSR count). The molecule has 10 heavy (non-hydrogen) atoms. The second kappa shape index (κ2) is 4.24. The average molecular weight is 166 g/mol. The van der Waals surface area contributed by atoms with Crippen molar-refractivity contribution in [1.29, 1.82) is 0 Å². The van der Waals surface area contributed by atoms with Crippen LogP contribution in [-0.2, 0) is 14.6 Å². The normalized spacial score (nSPS) is 10.2. The van der Waals surface area contributed by atoms with Crippen LogP contribution in [0.2, 0.25) is 0 Å². The Labute approximate surface area is 58.6 Å². The van der Waals surface area contributed by atoms with Crippen LogP contribution in [0.15, 0.2) is 0 Å². The molecule has 0 unspecified atom stereocenters. The van der Waals surface area contributed by atoms with Crippen molar-refractivity contribution in [1.82, 2.24) is 0 Å². The van der Waals surface area contributed by atoms with Crippen molar-refractivity contribution < 1.29 is 22.3 Å². The van der Waals surface area contributed by atoms with Gasteiger partial charge in [0.15, 0.2) is 0 Å². The molecule has 0 amide bonds. The molecular weight excluding hydrogens is 160 g/mol. The standard InChI is InChI=1S/C4H6O5S/c5-3-1-2-4-9-10(6,7)8/h5H,3-4H2,(H,6,7,8). The van der Waals surface area contributed by atoms with Crippen LogP contribution in [0.3, 0.4) is 0 Å². The maximum absolute atomic E-state index is 9.80. The van der Waals surface area contributed by atoms with E-state index in [0.29, 0.717) is 0 Å². The minimum atomic E-state index is -4.39. The first-order chi connectivity index (χ1) is 4.56. The summed E-state index contributed by atoms with van der Waals surface area (Å²) in [6, 6.07) is 0. The van der Waals surface area contributed by atoms with Crippen molar-refractivity contribution in [2.45, 2.75) is 0 Å². The van der Waals surface area contributed by atoms with Crippen molar-refractivity contribution in [3.8, 4) is 11.8 Å². The summed E-state index contributed by atoms with van der Waals surface area (Å²) in [5.74, 6) is 4.26. The molecule has 0 aromatic heterocycles. The highest BCUT2D eigenvalue weighted by Crippen LogP contribution is 1.82. The Morgan fingerprint density at radius 1 is 1.40 bits per heavy atom. The summed E-state index contributed by atoms with van der Waals surface area (Å²) in [5, 5.41) is 8.05. The zero-order chi connectivity index (χ0) is 8.04. The topological polar surface area (TPSA) is 83.8 Å². The third-order valence-corrected chi connectivity index (χ3v) is 0.900. The molecule has 0 aromatic rings. The first-order valence-corrected chi connectivity index (χ1v) is 3.61.